The molecular formula is C17H18F2N2O3S. The molecule has 1 unspecified atom stereocenters. The van der Waals surface area contributed by atoms with Crippen molar-refractivity contribution in [2.24, 2.45) is 0 Å². The number of nitrogens with one attached hydrogen (secondary N) is 2. The Labute approximate surface area is 148 Å². The van der Waals surface area contributed by atoms with Crippen LogP contribution in [0.3, 0.4) is 0 Å². The number of alkyl halides is 2. The van der Waals surface area contributed by atoms with E-state index >= 15 is 0 Å². The summed E-state index contributed by atoms with van der Waals surface area (Å²) >= 11 is 1.43. The lowest BCUT2D eigenvalue weighted by molar-refractivity contribution is -0.121. The van der Waals surface area contributed by atoms with E-state index in [4.69, 9.17) is 0 Å². The number of carbonyl (C=O) groups is 2. The number of thiophene rings is 1. The summed E-state index contributed by atoms with van der Waals surface area (Å²) in [6, 6.07) is 7.49. The van der Waals surface area contributed by atoms with Crippen LogP contribution in [0.25, 0.3) is 0 Å². The highest BCUT2D eigenvalue weighted by atomic mass is 32.1. The summed E-state index contributed by atoms with van der Waals surface area (Å²) < 4.78 is 28.5. The van der Waals surface area contributed by atoms with E-state index in [1.807, 2.05) is 0 Å². The van der Waals surface area contributed by atoms with E-state index in [1.54, 1.807) is 35.9 Å². The van der Waals surface area contributed by atoms with Gasteiger partial charge in [-0.1, -0.05) is 12.1 Å². The van der Waals surface area contributed by atoms with E-state index in [1.165, 1.54) is 23.5 Å². The summed E-state index contributed by atoms with van der Waals surface area (Å²) in [6.45, 7) is -0.855. The average molecular weight is 368 g/mol. The van der Waals surface area contributed by atoms with E-state index in [0.29, 0.717) is 5.56 Å². The summed E-state index contributed by atoms with van der Waals surface area (Å²) in [7, 11) is 0. The minimum Gasteiger partial charge on any atom is -0.435 e. The third kappa shape index (κ3) is 6.15. The second kappa shape index (κ2) is 9.12. The standard InChI is InChI=1S/C17H18F2N2O3S/c1-11(12-2-4-14(5-3-12)24-17(18)19)21-15(22)6-8-20-16(23)13-7-9-25-10-13/h2-5,7,9-11,17H,6,8H2,1H3,(H,20,23)(H,21,22). The first-order valence-corrected chi connectivity index (χ1v) is 8.54. The Hall–Kier alpha value is -2.48. The first-order chi connectivity index (χ1) is 12.0. The molecule has 2 amide bonds. The van der Waals surface area contributed by atoms with Crippen LogP contribution in [0.1, 0.15) is 35.3 Å². The number of ether oxygens (including phenoxy) is 1. The molecule has 0 bridgehead atoms. The normalized spacial score (nSPS) is 11.8. The molecule has 0 aliphatic heterocycles. The highest BCUT2D eigenvalue weighted by Crippen LogP contribution is 2.19. The number of hydrogen-bond donors (Lipinski definition) is 2. The van der Waals surface area contributed by atoms with Crippen molar-refractivity contribution in [1.29, 1.82) is 0 Å². The lowest BCUT2D eigenvalue weighted by atomic mass is 10.1. The van der Waals surface area contributed by atoms with Crippen LogP contribution in [0.4, 0.5) is 8.78 Å². The largest absolute Gasteiger partial charge is 0.435 e. The van der Waals surface area contributed by atoms with Crippen molar-refractivity contribution in [1.82, 2.24) is 10.6 Å². The number of halogens is 2. The summed E-state index contributed by atoms with van der Waals surface area (Å²) in [6.07, 6.45) is 0.146. The number of hydrogen-bond acceptors (Lipinski definition) is 4. The van der Waals surface area contributed by atoms with E-state index in [-0.39, 0.29) is 36.6 Å². The van der Waals surface area contributed by atoms with Gasteiger partial charge in [0.2, 0.25) is 5.91 Å². The van der Waals surface area contributed by atoms with Crippen molar-refractivity contribution >= 4 is 23.2 Å². The third-order valence-electron chi connectivity index (χ3n) is 3.40. The highest BCUT2D eigenvalue weighted by molar-refractivity contribution is 7.08. The highest BCUT2D eigenvalue weighted by Gasteiger charge is 2.11. The van der Waals surface area contributed by atoms with Crippen molar-refractivity contribution < 1.29 is 23.1 Å². The van der Waals surface area contributed by atoms with Gasteiger partial charge >= 0.3 is 6.61 Å². The van der Waals surface area contributed by atoms with Crippen molar-refractivity contribution in [3.05, 3.63) is 52.2 Å². The minimum atomic E-state index is -2.87. The minimum absolute atomic E-state index is 0.0634. The van der Waals surface area contributed by atoms with Crippen LogP contribution < -0.4 is 15.4 Å². The van der Waals surface area contributed by atoms with E-state index in [0.717, 1.165) is 5.56 Å². The summed E-state index contributed by atoms with van der Waals surface area (Å²) in [4.78, 5) is 23.7. The van der Waals surface area contributed by atoms with Crippen molar-refractivity contribution in [3.8, 4) is 5.75 Å². The predicted molar refractivity (Wildman–Crippen MR) is 90.9 cm³/mol. The molecule has 2 rings (SSSR count). The fourth-order valence-electron chi connectivity index (χ4n) is 2.12. The van der Waals surface area contributed by atoms with Crippen LogP contribution in [-0.4, -0.2) is 25.0 Å². The Morgan fingerprint density at radius 3 is 2.52 bits per heavy atom. The quantitative estimate of drug-likeness (QED) is 0.751. The Balaban J connectivity index is 1.75. The van der Waals surface area contributed by atoms with Gasteiger partial charge in [0.15, 0.2) is 0 Å². The molecule has 25 heavy (non-hydrogen) atoms. The molecule has 1 heterocycles. The van der Waals surface area contributed by atoms with Gasteiger partial charge in [-0.2, -0.15) is 20.1 Å². The molecule has 0 spiro atoms. The zero-order valence-electron chi connectivity index (χ0n) is 13.5. The Morgan fingerprint density at radius 2 is 1.92 bits per heavy atom. The van der Waals surface area contributed by atoms with Gasteiger partial charge in [-0.3, -0.25) is 9.59 Å². The molecule has 2 N–H and O–H groups in total. The van der Waals surface area contributed by atoms with Crippen LogP contribution in [-0.2, 0) is 4.79 Å². The van der Waals surface area contributed by atoms with Crippen LogP contribution in [0.15, 0.2) is 41.1 Å². The average Bonchev–Trinajstić information content (AvgIpc) is 3.09. The van der Waals surface area contributed by atoms with Crippen molar-refractivity contribution in [2.45, 2.75) is 26.0 Å². The topological polar surface area (TPSA) is 67.4 Å². The van der Waals surface area contributed by atoms with Crippen LogP contribution >= 0.6 is 11.3 Å². The second-order valence-corrected chi connectivity index (χ2v) is 6.03. The zero-order valence-corrected chi connectivity index (χ0v) is 14.3. The van der Waals surface area contributed by atoms with Gasteiger partial charge in [0, 0.05) is 23.9 Å². The number of carbonyl (C=O) groups excluding carboxylic acids is 2. The predicted octanol–water partition coefficient (Wildman–Crippen LogP) is 3.35. The molecule has 134 valence electrons. The van der Waals surface area contributed by atoms with Crippen LogP contribution in [0.5, 0.6) is 5.75 Å². The van der Waals surface area contributed by atoms with Gasteiger partial charge in [-0.25, -0.2) is 0 Å². The molecular weight excluding hydrogens is 350 g/mol. The Bertz CT molecular complexity index is 690. The van der Waals surface area contributed by atoms with Crippen molar-refractivity contribution in [3.63, 3.8) is 0 Å². The monoisotopic (exact) mass is 368 g/mol. The molecule has 0 fully saturated rings. The molecule has 1 aromatic heterocycles. The smallest absolute Gasteiger partial charge is 0.387 e. The molecule has 1 atom stereocenters. The van der Waals surface area contributed by atoms with E-state index < -0.39 is 6.61 Å². The molecule has 0 aliphatic carbocycles. The van der Waals surface area contributed by atoms with Crippen molar-refractivity contribution in [2.75, 3.05) is 6.54 Å². The van der Waals surface area contributed by atoms with Gasteiger partial charge in [0.1, 0.15) is 5.75 Å². The maximum absolute atomic E-state index is 12.1. The first-order valence-electron chi connectivity index (χ1n) is 7.60. The van der Waals surface area contributed by atoms with Gasteiger partial charge in [0.05, 0.1) is 6.04 Å². The molecule has 0 saturated carbocycles. The molecule has 8 heteroatoms. The van der Waals surface area contributed by atoms with E-state index in [9.17, 15) is 18.4 Å². The molecule has 5 nitrogen and oxygen atoms in total. The van der Waals surface area contributed by atoms with Crippen LogP contribution in [0.2, 0.25) is 0 Å². The Morgan fingerprint density at radius 1 is 1.20 bits per heavy atom. The molecule has 1 aromatic carbocycles. The van der Waals surface area contributed by atoms with Gasteiger partial charge in [-0.05, 0) is 36.1 Å². The lowest BCUT2D eigenvalue weighted by Crippen LogP contribution is -2.31. The maximum Gasteiger partial charge on any atom is 0.387 e. The van der Waals surface area contributed by atoms with Gasteiger partial charge in [0.25, 0.3) is 5.91 Å². The number of benzene rings is 1. The SMILES string of the molecule is CC(NC(=O)CCNC(=O)c1ccsc1)c1ccc(OC(F)F)cc1. The Kier molecular flexibility index (Phi) is 6.88. The van der Waals surface area contributed by atoms with Crippen LogP contribution in [0, 0.1) is 0 Å². The molecule has 0 saturated heterocycles. The van der Waals surface area contributed by atoms with E-state index in [2.05, 4.69) is 15.4 Å². The number of amides is 2. The summed E-state index contributed by atoms with van der Waals surface area (Å²) in [5, 5.41) is 9.00. The first kappa shape index (κ1) is 18.9. The maximum atomic E-state index is 12.1. The lowest BCUT2D eigenvalue weighted by Gasteiger charge is -2.15. The third-order valence-corrected chi connectivity index (χ3v) is 4.09. The fraction of sp³-hybridized carbons (Fsp3) is 0.294. The van der Waals surface area contributed by atoms with Gasteiger partial charge in [-0.15, -0.1) is 0 Å². The second-order valence-electron chi connectivity index (χ2n) is 5.25. The fourth-order valence-corrected chi connectivity index (χ4v) is 2.76. The summed E-state index contributed by atoms with van der Waals surface area (Å²) in [5.74, 6) is -0.365. The number of rotatable bonds is 8. The molecule has 0 radical (unpaired) electrons. The summed E-state index contributed by atoms with van der Waals surface area (Å²) in [5.41, 5.74) is 1.34. The molecule has 2 aromatic rings. The zero-order chi connectivity index (χ0) is 18.2. The van der Waals surface area contributed by atoms with Gasteiger partial charge < -0.3 is 15.4 Å². The molecule has 0 aliphatic rings.